The van der Waals surface area contributed by atoms with Crippen molar-refractivity contribution in [3.63, 3.8) is 0 Å². The summed E-state index contributed by atoms with van der Waals surface area (Å²) in [6, 6.07) is 16.6. The highest BCUT2D eigenvalue weighted by molar-refractivity contribution is 6.33. The van der Waals surface area contributed by atoms with Gasteiger partial charge in [-0.15, -0.1) is 0 Å². The Balaban J connectivity index is 1.24. The van der Waals surface area contributed by atoms with Gasteiger partial charge in [0.15, 0.2) is 0 Å². The third kappa shape index (κ3) is 4.47. The number of carbonyl (C=O) groups is 1. The van der Waals surface area contributed by atoms with Crippen molar-refractivity contribution in [1.82, 2.24) is 20.0 Å². The molecular formula is C24H22ClN5O3. The number of anilines is 1. The van der Waals surface area contributed by atoms with E-state index in [2.05, 4.69) is 20.4 Å². The van der Waals surface area contributed by atoms with Gasteiger partial charge >= 0.3 is 6.03 Å². The lowest BCUT2D eigenvalue weighted by atomic mass is 9.97. The van der Waals surface area contributed by atoms with E-state index in [4.69, 9.17) is 20.9 Å². The minimum Gasteiger partial charge on any atom is -0.497 e. The molecule has 2 aromatic carbocycles. The summed E-state index contributed by atoms with van der Waals surface area (Å²) in [4.78, 5) is 23.6. The Morgan fingerprint density at radius 1 is 1.12 bits per heavy atom. The molecule has 0 atom stereocenters. The van der Waals surface area contributed by atoms with Crippen LogP contribution >= 0.6 is 11.6 Å². The third-order valence-corrected chi connectivity index (χ3v) is 6.15. The summed E-state index contributed by atoms with van der Waals surface area (Å²) >= 11 is 6.14. The van der Waals surface area contributed by atoms with Crippen LogP contribution in [-0.4, -0.2) is 46.3 Å². The van der Waals surface area contributed by atoms with Gasteiger partial charge in [0.05, 0.1) is 23.3 Å². The van der Waals surface area contributed by atoms with E-state index in [1.807, 2.05) is 42.5 Å². The van der Waals surface area contributed by atoms with E-state index < -0.39 is 0 Å². The van der Waals surface area contributed by atoms with E-state index in [-0.39, 0.29) is 11.9 Å². The summed E-state index contributed by atoms with van der Waals surface area (Å²) in [6.45, 7) is 1.18. The van der Waals surface area contributed by atoms with E-state index in [1.54, 1.807) is 24.1 Å². The monoisotopic (exact) mass is 463 g/mol. The van der Waals surface area contributed by atoms with Gasteiger partial charge in [0, 0.05) is 30.5 Å². The molecule has 3 heterocycles. The van der Waals surface area contributed by atoms with Crippen molar-refractivity contribution in [2.45, 2.75) is 18.8 Å². The zero-order chi connectivity index (χ0) is 22.8. The standard InChI is InChI=1S/C24H22ClN5O3/c1-32-17-8-6-15-7-9-20(26-21(15)14-17)22-28-23(33-29-22)16-10-12-30(13-11-16)24(31)27-19-5-3-2-4-18(19)25/h2-9,14,16H,10-13H2,1H3,(H,27,31). The second kappa shape index (κ2) is 9.07. The van der Waals surface area contributed by atoms with Crippen LogP contribution in [0, 0.1) is 0 Å². The summed E-state index contributed by atoms with van der Waals surface area (Å²) in [5, 5.41) is 8.53. The summed E-state index contributed by atoms with van der Waals surface area (Å²) in [6.07, 6.45) is 1.47. The maximum absolute atomic E-state index is 12.6. The highest BCUT2D eigenvalue weighted by Crippen LogP contribution is 2.30. The Kier molecular flexibility index (Phi) is 5.83. The van der Waals surface area contributed by atoms with Crippen LogP contribution in [0.15, 0.2) is 59.1 Å². The van der Waals surface area contributed by atoms with Gasteiger partial charge < -0.3 is 19.5 Å². The smallest absolute Gasteiger partial charge is 0.321 e. The number of aromatic nitrogens is 3. The highest BCUT2D eigenvalue weighted by Gasteiger charge is 2.28. The van der Waals surface area contributed by atoms with Gasteiger partial charge in [0.1, 0.15) is 11.4 Å². The summed E-state index contributed by atoms with van der Waals surface area (Å²) in [5.41, 5.74) is 2.05. The number of amides is 2. The number of halogens is 1. The molecule has 9 heteroatoms. The van der Waals surface area contributed by atoms with E-state index in [9.17, 15) is 4.79 Å². The molecule has 2 amide bonds. The van der Waals surface area contributed by atoms with Crippen LogP contribution in [0.25, 0.3) is 22.4 Å². The molecule has 0 saturated carbocycles. The van der Waals surface area contributed by atoms with Crippen molar-refractivity contribution in [1.29, 1.82) is 0 Å². The largest absolute Gasteiger partial charge is 0.497 e. The fourth-order valence-electron chi connectivity index (χ4n) is 3.94. The van der Waals surface area contributed by atoms with Gasteiger partial charge in [-0.1, -0.05) is 35.0 Å². The van der Waals surface area contributed by atoms with Gasteiger partial charge in [-0.2, -0.15) is 4.98 Å². The first-order valence-corrected chi connectivity index (χ1v) is 11.1. The van der Waals surface area contributed by atoms with Crippen molar-refractivity contribution in [3.05, 3.63) is 65.5 Å². The normalized spacial score (nSPS) is 14.4. The topological polar surface area (TPSA) is 93.4 Å². The SMILES string of the molecule is COc1ccc2ccc(-c3noc(C4CCN(C(=O)Nc5ccccc5Cl)CC4)n3)nc2c1. The number of rotatable bonds is 4. The second-order valence-electron chi connectivity index (χ2n) is 7.88. The maximum atomic E-state index is 12.6. The van der Waals surface area contributed by atoms with Crippen molar-refractivity contribution in [2.24, 2.45) is 0 Å². The second-order valence-corrected chi connectivity index (χ2v) is 8.29. The number of ether oxygens (including phenoxy) is 1. The number of fused-ring (bicyclic) bond motifs is 1. The van der Waals surface area contributed by atoms with Crippen LogP contribution in [0.4, 0.5) is 10.5 Å². The van der Waals surface area contributed by atoms with Crippen molar-refractivity contribution >= 4 is 34.2 Å². The molecule has 168 valence electrons. The van der Waals surface area contributed by atoms with E-state index in [0.29, 0.717) is 41.2 Å². The highest BCUT2D eigenvalue weighted by atomic mass is 35.5. The lowest BCUT2D eigenvalue weighted by Gasteiger charge is -2.30. The predicted octanol–water partition coefficient (Wildman–Crippen LogP) is 5.36. The number of piperidine rings is 1. The Hall–Kier alpha value is -3.65. The number of pyridine rings is 1. The number of nitrogens with one attached hydrogen (secondary N) is 1. The van der Waals surface area contributed by atoms with E-state index >= 15 is 0 Å². The summed E-state index contributed by atoms with van der Waals surface area (Å²) in [7, 11) is 1.63. The molecule has 4 aromatic rings. The van der Waals surface area contributed by atoms with Gasteiger partial charge in [-0.3, -0.25) is 0 Å². The van der Waals surface area contributed by atoms with E-state index in [1.165, 1.54) is 0 Å². The van der Waals surface area contributed by atoms with Gasteiger partial charge in [-0.25, -0.2) is 9.78 Å². The minimum atomic E-state index is -0.163. The quantitative estimate of drug-likeness (QED) is 0.438. The van der Waals surface area contributed by atoms with Crippen LogP contribution in [-0.2, 0) is 0 Å². The molecule has 0 spiro atoms. The van der Waals surface area contributed by atoms with Gasteiger partial charge in [0.25, 0.3) is 0 Å². The molecule has 0 unspecified atom stereocenters. The maximum Gasteiger partial charge on any atom is 0.321 e. The van der Waals surface area contributed by atoms with Crippen LogP contribution in [0.1, 0.15) is 24.7 Å². The first-order valence-electron chi connectivity index (χ1n) is 10.7. The zero-order valence-corrected chi connectivity index (χ0v) is 18.7. The number of likely N-dealkylation sites (tertiary alicyclic amines) is 1. The van der Waals surface area contributed by atoms with E-state index in [0.717, 1.165) is 29.5 Å². The van der Waals surface area contributed by atoms with Crippen LogP contribution in [0.3, 0.4) is 0 Å². The summed E-state index contributed by atoms with van der Waals surface area (Å²) < 4.78 is 10.8. The predicted molar refractivity (Wildman–Crippen MR) is 126 cm³/mol. The Morgan fingerprint density at radius 2 is 1.91 bits per heavy atom. The number of hydrogen-bond donors (Lipinski definition) is 1. The van der Waals surface area contributed by atoms with Gasteiger partial charge in [-0.05, 0) is 43.2 Å². The molecule has 0 bridgehead atoms. The molecule has 0 aliphatic carbocycles. The van der Waals surface area contributed by atoms with Crippen molar-refractivity contribution < 1.29 is 14.1 Å². The molecule has 1 N–H and O–H groups in total. The number of para-hydroxylation sites is 1. The zero-order valence-electron chi connectivity index (χ0n) is 18.0. The molecule has 1 aliphatic rings. The van der Waals surface area contributed by atoms with Crippen LogP contribution in [0.5, 0.6) is 5.75 Å². The van der Waals surface area contributed by atoms with Gasteiger partial charge in [0.2, 0.25) is 11.7 Å². The number of carbonyl (C=O) groups excluding carboxylic acids is 1. The van der Waals surface area contributed by atoms with Crippen LogP contribution in [0.2, 0.25) is 5.02 Å². The molecule has 33 heavy (non-hydrogen) atoms. The Labute approximate surface area is 195 Å². The third-order valence-electron chi connectivity index (χ3n) is 5.82. The van der Waals surface area contributed by atoms with Crippen molar-refractivity contribution in [2.75, 3.05) is 25.5 Å². The first kappa shape index (κ1) is 21.2. The molecule has 2 aromatic heterocycles. The molecule has 1 saturated heterocycles. The number of nitrogens with zero attached hydrogens (tertiary/aromatic N) is 4. The first-order chi connectivity index (χ1) is 16.1. The molecule has 8 nitrogen and oxygen atoms in total. The fourth-order valence-corrected chi connectivity index (χ4v) is 4.12. The summed E-state index contributed by atoms with van der Waals surface area (Å²) in [5.74, 6) is 1.86. The molecule has 0 radical (unpaired) electrons. The Bertz CT molecular complexity index is 1300. The lowest BCUT2D eigenvalue weighted by Crippen LogP contribution is -2.40. The van der Waals surface area contributed by atoms with Crippen molar-refractivity contribution in [3.8, 4) is 17.3 Å². The number of benzene rings is 2. The minimum absolute atomic E-state index is 0.0937. The lowest BCUT2D eigenvalue weighted by molar-refractivity contribution is 0.187. The fraction of sp³-hybridized carbons (Fsp3) is 0.250. The molecular weight excluding hydrogens is 442 g/mol. The number of methoxy groups -OCH3 is 1. The molecule has 5 rings (SSSR count). The van der Waals surface area contributed by atoms with Crippen LogP contribution < -0.4 is 10.1 Å². The average Bonchev–Trinajstić information content (AvgIpc) is 3.35. The number of urea groups is 1. The Morgan fingerprint density at radius 3 is 2.70 bits per heavy atom. The molecule has 1 aliphatic heterocycles. The molecule has 1 fully saturated rings. The number of hydrogen-bond acceptors (Lipinski definition) is 6. The average molecular weight is 464 g/mol.